The normalized spacial score (nSPS) is 21.6. The summed E-state index contributed by atoms with van der Waals surface area (Å²) >= 11 is 6.22. The summed E-state index contributed by atoms with van der Waals surface area (Å²) in [5, 5.41) is 15.1. The number of nitrogens with zero attached hydrogens (tertiary/aromatic N) is 2. The van der Waals surface area contributed by atoms with Crippen molar-refractivity contribution in [3.63, 3.8) is 0 Å². The molecule has 266 valence electrons. The van der Waals surface area contributed by atoms with E-state index < -0.39 is 11.9 Å². The summed E-state index contributed by atoms with van der Waals surface area (Å²) < 4.78 is 12.4. The van der Waals surface area contributed by atoms with Crippen LogP contribution in [-0.4, -0.2) is 53.3 Å². The molecule has 2 heterocycles. The van der Waals surface area contributed by atoms with Crippen LogP contribution in [-0.2, 0) is 22.6 Å². The fraction of sp³-hybridized carbons (Fsp3) is 0.425. The Labute approximate surface area is 303 Å². The average Bonchev–Trinajstić information content (AvgIpc) is 3.43. The first-order valence-corrected chi connectivity index (χ1v) is 17.8. The maximum absolute atomic E-state index is 13.3. The van der Waals surface area contributed by atoms with Crippen molar-refractivity contribution in [2.45, 2.75) is 91.0 Å². The van der Waals surface area contributed by atoms with Gasteiger partial charge in [-0.3, -0.25) is 24.5 Å². The lowest BCUT2D eigenvalue weighted by Crippen LogP contribution is -2.74. The molecule has 51 heavy (non-hydrogen) atoms. The van der Waals surface area contributed by atoms with Crippen LogP contribution in [0, 0.1) is 22.2 Å². The van der Waals surface area contributed by atoms with Crippen molar-refractivity contribution < 1.29 is 28.7 Å². The number of nitrogens with one attached hydrogen (secondary N) is 2. The number of hydrogen-bond acceptors (Lipinski definition) is 7. The summed E-state index contributed by atoms with van der Waals surface area (Å²) in [6.07, 6.45) is 3.98. The average molecular weight is 711 g/mol. The van der Waals surface area contributed by atoms with E-state index >= 15 is 0 Å². The second-order valence-electron chi connectivity index (χ2n) is 14.8. The fourth-order valence-electron chi connectivity index (χ4n) is 8.12. The van der Waals surface area contributed by atoms with Gasteiger partial charge in [-0.25, -0.2) is 0 Å². The van der Waals surface area contributed by atoms with Gasteiger partial charge >= 0.3 is 0 Å². The first-order chi connectivity index (χ1) is 24.3. The number of halogens is 1. The first kappa shape index (κ1) is 35.9. The smallest absolute Gasteiger partial charge is 0.255 e. The Bertz CT molecular complexity index is 1880. The highest BCUT2D eigenvalue weighted by Gasteiger charge is 2.64. The van der Waals surface area contributed by atoms with Gasteiger partial charge in [-0.05, 0) is 74.1 Å². The molecule has 10 nitrogen and oxygen atoms in total. The molecule has 2 fully saturated rings. The molecule has 2 N–H and O–H groups in total. The second kappa shape index (κ2) is 14.4. The first-order valence-electron chi connectivity index (χ1n) is 17.5. The van der Waals surface area contributed by atoms with Gasteiger partial charge in [-0.1, -0.05) is 57.5 Å². The minimum atomic E-state index is -0.656. The van der Waals surface area contributed by atoms with Crippen LogP contribution in [0.4, 0.5) is 0 Å². The van der Waals surface area contributed by atoms with E-state index in [4.69, 9.17) is 21.1 Å². The fourth-order valence-corrected chi connectivity index (χ4v) is 8.33. The van der Waals surface area contributed by atoms with E-state index in [1.807, 2.05) is 30.3 Å². The SMILES string of the molecule is CC1(C)C(NC(=O)c2ccc(CCCCCOc3cccc4c3CN(C3CCC(=O)NC3=O)C4=O)cc2)C(C)(C)C1Oc1ccc(C#N)c(Cl)c1. The molecule has 3 aromatic carbocycles. The van der Waals surface area contributed by atoms with Crippen molar-refractivity contribution in [3.8, 4) is 17.6 Å². The van der Waals surface area contributed by atoms with Gasteiger partial charge in [0.1, 0.15) is 29.7 Å². The van der Waals surface area contributed by atoms with Gasteiger partial charge < -0.3 is 19.7 Å². The number of aryl methyl sites for hydroxylation is 1. The molecule has 3 aromatic rings. The summed E-state index contributed by atoms with van der Waals surface area (Å²) in [7, 11) is 0. The highest BCUT2D eigenvalue weighted by molar-refractivity contribution is 6.31. The molecule has 6 rings (SSSR count). The summed E-state index contributed by atoms with van der Waals surface area (Å²) in [6, 6.07) is 19.5. The quantitative estimate of drug-likeness (QED) is 0.164. The molecule has 11 heteroatoms. The van der Waals surface area contributed by atoms with Gasteiger partial charge in [0.15, 0.2) is 0 Å². The number of ether oxygens (including phenoxy) is 2. The van der Waals surface area contributed by atoms with Gasteiger partial charge in [0.2, 0.25) is 11.8 Å². The van der Waals surface area contributed by atoms with E-state index in [9.17, 15) is 24.4 Å². The number of imide groups is 1. The topological polar surface area (TPSA) is 138 Å². The third kappa shape index (κ3) is 7.18. The van der Waals surface area contributed by atoms with Crippen LogP contribution in [0.5, 0.6) is 11.5 Å². The number of fused-ring (bicyclic) bond motifs is 1. The number of carbonyl (C=O) groups excluding carboxylic acids is 4. The standard InChI is InChI=1S/C40H43ClN4O6/c1-39(2)37(40(3,4)38(39)51-27-17-16-26(22-42)30(41)21-27)44-34(47)25-14-12-24(13-15-25)9-6-5-7-20-50-32-11-8-10-28-29(32)23-45(36(28)49)31-18-19-33(46)43-35(31)48/h8,10-17,21,31,37-38H,5-7,9,18-20,23H2,1-4H3,(H,44,47)(H,43,46,48). The lowest BCUT2D eigenvalue weighted by molar-refractivity contribution is -0.164. The summed E-state index contributed by atoms with van der Waals surface area (Å²) in [6.45, 7) is 9.11. The monoisotopic (exact) mass is 710 g/mol. The Morgan fingerprint density at radius 3 is 2.45 bits per heavy atom. The molecule has 1 aliphatic carbocycles. The third-order valence-corrected chi connectivity index (χ3v) is 10.9. The largest absolute Gasteiger partial charge is 0.493 e. The highest BCUT2D eigenvalue weighted by atomic mass is 35.5. The molecule has 1 unspecified atom stereocenters. The van der Waals surface area contributed by atoms with Gasteiger partial charge in [0.25, 0.3) is 11.8 Å². The Morgan fingerprint density at radius 1 is 1.02 bits per heavy atom. The molecule has 4 amide bonds. The molecule has 0 bridgehead atoms. The Morgan fingerprint density at radius 2 is 1.76 bits per heavy atom. The molecule has 2 aliphatic heterocycles. The van der Waals surface area contributed by atoms with Crippen molar-refractivity contribution in [3.05, 3.63) is 93.5 Å². The number of benzene rings is 3. The second-order valence-corrected chi connectivity index (χ2v) is 15.2. The number of carbonyl (C=O) groups is 4. The zero-order valence-electron chi connectivity index (χ0n) is 29.4. The number of unbranched alkanes of at least 4 members (excludes halogenated alkanes) is 2. The van der Waals surface area contributed by atoms with E-state index in [-0.39, 0.29) is 53.7 Å². The van der Waals surface area contributed by atoms with Crippen LogP contribution in [0.3, 0.4) is 0 Å². The van der Waals surface area contributed by atoms with Crippen molar-refractivity contribution >= 4 is 35.2 Å². The van der Waals surface area contributed by atoms with Crippen LogP contribution < -0.4 is 20.1 Å². The van der Waals surface area contributed by atoms with Crippen LogP contribution >= 0.6 is 11.6 Å². The molecule has 1 saturated carbocycles. The Balaban J connectivity index is 0.942. The number of hydrogen-bond donors (Lipinski definition) is 2. The molecule has 0 aromatic heterocycles. The minimum Gasteiger partial charge on any atom is -0.493 e. The maximum Gasteiger partial charge on any atom is 0.255 e. The van der Waals surface area contributed by atoms with Crippen LogP contribution in [0.2, 0.25) is 5.02 Å². The van der Waals surface area contributed by atoms with E-state index in [0.29, 0.717) is 46.2 Å². The van der Waals surface area contributed by atoms with Crippen LogP contribution in [0.25, 0.3) is 0 Å². The molecule has 0 spiro atoms. The van der Waals surface area contributed by atoms with Crippen LogP contribution in [0.1, 0.15) is 97.2 Å². The highest BCUT2D eigenvalue weighted by Crippen LogP contribution is 2.55. The van der Waals surface area contributed by atoms with E-state index in [1.165, 1.54) is 4.90 Å². The predicted molar refractivity (Wildman–Crippen MR) is 191 cm³/mol. The van der Waals surface area contributed by atoms with Crippen LogP contribution in [0.15, 0.2) is 60.7 Å². The van der Waals surface area contributed by atoms with Gasteiger partial charge in [-0.2, -0.15) is 5.26 Å². The number of nitriles is 1. The van der Waals surface area contributed by atoms with E-state index in [0.717, 1.165) is 36.8 Å². The number of rotatable bonds is 12. The third-order valence-electron chi connectivity index (χ3n) is 10.6. The number of amides is 4. The van der Waals surface area contributed by atoms with Gasteiger partial charge in [-0.15, -0.1) is 0 Å². The Hall–Kier alpha value is -4.88. The molecule has 1 saturated heterocycles. The summed E-state index contributed by atoms with van der Waals surface area (Å²) in [5.41, 5.74) is 2.77. The minimum absolute atomic E-state index is 0.125. The predicted octanol–water partition coefficient (Wildman–Crippen LogP) is 6.38. The Kier molecular flexibility index (Phi) is 10.1. The molecular weight excluding hydrogens is 668 g/mol. The van der Waals surface area contributed by atoms with Gasteiger partial charge in [0, 0.05) is 46.0 Å². The van der Waals surface area contributed by atoms with Gasteiger partial charge in [0.05, 0.1) is 23.7 Å². The van der Waals surface area contributed by atoms with Crippen molar-refractivity contribution in [2.24, 2.45) is 10.8 Å². The van der Waals surface area contributed by atoms with Crippen molar-refractivity contribution in [2.75, 3.05) is 6.61 Å². The summed E-state index contributed by atoms with van der Waals surface area (Å²) in [5.74, 6) is 0.168. The van der Waals surface area contributed by atoms with E-state index in [1.54, 1.807) is 30.3 Å². The zero-order valence-corrected chi connectivity index (χ0v) is 30.1. The molecular formula is C40H43ClN4O6. The molecule has 3 aliphatic rings. The summed E-state index contributed by atoms with van der Waals surface area (Å²) in [4.78, 5) is 51.8. The lowest BCUT2D eigenvalue weighted by Gasteiger charge is -2.63. The zero-order chi connectivity index (χ0) is 36.5. The molecule has 0 radical (unpaired) electrons. The van der Waals surface area contributed by atoms with Crippen molar-refractivity contribution in [1.82, 2.24) is 15.5 Å². The number of piperidine rings is 1. The lowest BCUT2D eigenvalue weighted by atomic mass is 9.49. The maximum atomic E-state index is 13.3. The molecule has 1 atom stereocenters. The van der Waals surface area contributed by atoms with E-state index in [2.05, 4.69) is 44.4 Å². The van der Waals surface area contributed by atoms with Crippen molar-refractivity contribution in [1.29, 1.82) is 5.26 Å².